The standard InChI is InChI=1S/C27H28N4O.C21H16N2O2.C6H14N2/c1-29(2)23-16-17-30(19-23)27(32)22-14-12-20(13-15-22)18-31-25-11-7-6-10-24(25)28-26(31)21-8-4-3-5-9-21;24-21(25)17-12-10-15(11-13-17)14-23-19-9-5-4-8-18(19)22-20(23)16-6-2-1-3-7-16;1-8(2)6-3-4-7-5-6/h3-15,23H,16-19H2,1-2H3;1-13H,14H2,(H,24,25);6-7H,3-5H2,1-2H3/t23-;;6-/m0.1/s1. The van der Waals surface area contributed by atoms with E-state index >= 15 is 0 Å². The van der Waals surface area contributed by atoms with E-state index in [1.165, 1.54) is 19.5 Å². The van der Waals surface area contributed by atoms with Gasteiger partial charge in [-0.1, -0.05) is 109 Å². The highest BCUT2D eigenvalue weighted by Gasteiger charge is 2.28. The molecule has 2 aliphatic heterocycles. The van der Waals surface area contributed by atoms with Crippen LogP contribution >= 0.6 is 0 Å². The molecule has 11 heteroatoms. The molecule has 2 saturated heterocycles. The summed E-state index contributed by atoms with van der Waals surface area (Å²) in [6.45, 7) is 5.33. The van der Waals surface area contributed by atoms with E-state index in [2.05, 4.69) is 94.9 Å². The van der Waals surface area contributed by atoms with Gasteiger partial charge in [-0.3, -0.25) is 4.79 Å². The van der Waals surface area contributed by atoms with Gasteiger partial charge in [0.05, 0.1) is 27.6 Å². The van der Waals surface area contributed by atoms with E-state index in [1.807, 2.05) is 108 Å². The Bertz CT molecular complexity index is 2810. The molecule has 2 N–H and O–H groups in total. The van der Waals surface area contributed by atoms with Crippen molar-refractivity contribution >= 4 is 33.9 Å². The number of aromatic carboxylic acids is 1. The summed E-state index contributed by atoms with van der Waals surface area (Å²) in [5.74, 6) is 1.08. The molecule has 0 bridgehead atoms. The zero-order valence-electron chi connectivity index (χ0n) is 37.7. The summed E-state index contributed by atoms with van der Waals surface area (Å²) in [6, 6.07) is 52.9. The second-order valence-corrected chi connectivity index (χ2v) is 17.2. The lowest BCUT2D eigenvalue weighted by Crippen LogP contribution is -2.34. The zero-order valence-corrected chi connectivity index (χ0v) is 37.7. The fraction of sp³-hybridized carbons (Fsp3) is 0.259. The maximum Gasteiger partial charge on any atom is 0.335 e. The molecule has 2 fully saturated rings. The summed E-state index contributed by atoms with van der Waals surface area (Å²) in [5, 5.41) is 12.4. The predicted molar refractivity (Wildman–Crippen MR) is 261 cm³/mol. The second-order valence-electron chi connectivity index (χ2n) is 17.2. The number of carboxylic acid groups (broad SMARTS) is 1. The molecule has 8 aromatic rings. The molecule has 0 unspecified atom stereocenters. The Balaban J connectivity index is 0.000000155. The summed E-state index contributed by atoms with van der Waals surface area (Å²) < 4.78 is 4.42. The summed E-state index contributed by atoms with van der Waals surface area (Å²) >= 11 is 0. The van der Waals surface area contributed by atoms with Gasteiger partial charge in [0.25, 0.3) is 5.91 Å². The first kappa shape index (κ1) is 44.7. The Morgan fingerprint density at radius 2 is 1.05 bits per heavy atom. The van der Waals surface area contributed by atoms with Crippen LogP contribution in [0.25, 0.3) is 44.8 Å². The minimum Gasteiger partial charge on any atom is -0.478 e. The van der Waals surface area contributed by atoms with Crippen LogP contribution in [0.2, 0.25) is 0 Å². The van der Waals surface area contributed by atoms with E-state index in [0.29, 0.717) is 24.7 Å². The number of carbonyl (C=O) groups excluding carboxylic acids is 1. The van der Waals surface area contributed by atoms with Crippen LogP contribution in [0.1, 0.15) is 44.7 Å². The fourth-order valence-electron chi connectivity index (χ4n) is 8.57. The van der Waals surface area contributed by atoms with Crippen molar-refractivity contribution in [3.05, 3.63) is 180 Å². The van der Waals surface area contributed by atoms with Gasteiger partial charge in [-0.2, -0.15) is 0 Å². The molecule has 2 aliphatic rings. The van der Waals surface area contributed by atoms with Crippen molar-refractivity contribution in [2.45, 2.75) is 38.0 Å². The van der Waals surface area contributed by atoms with Gasteiger partial charge in [0, 0.05) is 61.5 Å². The van der Waals surface area contributed by atoms with E-state index in [9.17, 15) is 9.59 Å². The van der Waals surface area contributed by atoms with Gasteiger partial charge in [-0.25, -0.2) is 14.8 Å². The summed E-state index contributed by atoms with van der Waals surface area (Å²) in [5.41, 5.74) is 9.49. The number of benzene rings is 6. The number of hydrogen-bond acceptors (Lipinski definition) is 7. The molecule has 4 heterocycles. The third-order valence-electron chi connectivity index (χ3n) is 12.4. The smallest absolute Gasteiger partial charge is 0.335 e. The normalized spacial score (nSPS) is 15.8. The van der Waals surface area contributed by atoms with E-state index in [1.54, 1.807) is 12.1 Å². The summed E-state index contributed by atoms with van der Waals surface area (Å²) in [7, 11) is 8.43. The van der Waals surface area contributed by atoms with Gasteiger partial charge >= 0.3 is 5.97 Å². The van der Waals surface area contributed by atoms with E-state index in [-0.39, 0.29) is 5.91 Å². The molecule has 10 rings (SSSR count). The highest BCUT2D eigenvalue weighted by molar-refractivity contribution is 5.94. The van der Waals surface area contributed by atoms with Crippen molar-refractivity contribution in [3.63, 3.8) is 0 Å². The van der Waals surface area contributed by atoms with Crippen LogP contribution in [0, 0.1) is 0 Å². The van der Waals surface area contributed by atoms with Crippen LogP contribution < -0.4 is 5.32 Å². The average molecular weight is 867 g/mol. The molecule has 0 radical (unpaired) electrons. The number of nitrogens with zero attached hydrogens (tertiary/aromatic N) is 7. The first-order valence-electron chi connectivity index (χ1n) is 22.4. The number of imidazole rings is 2. The monoisotopic (exact) mass is 866 g/mol. The third-order valence-corrected chi connectivity index (χ3v) is 12.4. The fourth-order valence-corrected chi connectivity index (χ4v) is 8.57. The zero-order chi connectivity index (χ0) is 45.3. The molecule has 332 valence electrons. The van der Waals surface area contributed by atoms with Gasteiger partial charge < -0.3 is 34.3 Å². The Morgan fingerprint density at radius 1 is 0.585 bits per heavy atom. The Kier molecular flexibility index (Phi) is 14.2. The molecular formula is C54H58N8O3. The van der Waals surface area contributed by atoms with Crippen molar-refractivity contribution in [2.75, 3.05) is 54.4 Å². The molecule has 2 aromatic heterocycles. The van der Waals surface area contributed by atoms with Crippen LogP contribution in [0.15, 0.2) is 158 Å². The van der Waals surface area contributed by atoms with Crippen LogP contribution in [0.3, 0.4) is 0 Å². The quantitative estimate of drug-likeness (QED) is 0.140. The molecule has 2 atom stereocenters. The molecule has 0 spiro atoms. The SMILES string of the molecule is CN(C)[C@@H]1CCNC1.CN(C)[C@H]1CCN(C(=O)c2ccc(Cn3c(-c4ccccc4)nc4ccccc43)cc2)C1.O=C(O)c1ccc(Cn2c(-c3ccccc3)nc3ccccc32)cc1. The summed E-state index contributed by atoms with van der Waals surface area (Å²) in [4.78, 5) is 40.1. The topological polar surface area (TPSA) is 112 Å². The highest BCUT2D eigenvalue weighted by Crippen LogP contribution is 2.28. The number of likely N-dealkylation sites (N-methyl/N-ethyl adjacent to an activating group) is 2. The van der Waals surface area contributed by atoms with E-state index in [4.69, 9.17) is 15.1 Å². The molecular weight excluding hydrogens is 809 g/mol. The molecule has 1 amide bonds. The molecule has 0 saturated carbocycles. The number of aromatic nitrogens is 4. The highest BCUT2D eigenvalue weighted by atomic mass is 16.4. The number of fused-ring (bicyclic) bond motifs is 2. The van der Waals surface area contributed by atoms with Crippen LogP contribution in [0.5, 0.6) is 0 Å². The second kappa shape index (κ2) is 20.7. The minimum atomic E-state index is -0.912. The molecule has 6 aromatic carbocycles. The number of para-hydroxylation sites is 4. The lowest BCUT2D eigenvalue weighted by Gasteiger charge is -2.20. The van der Waals surface area contributed by atoms with Gasteiger partial charge in [0.1, 0.15) is 11.6 Å². The van der Waals surface area contributed by atoms with Crippen LogP contribution in [-0.2, 0) is 13.1 Å². The molecule has 65 heavy (non-hydrogen) atoms. The summed E-state index contributed by atoms with van der Waals surface area (Å²) in [6.07, 6.45) is 2.35. The number of likely N-dealkylation sites (tertiary alicyclic amines) is 1. The van der Waals surface area contributed by atoms with Crippen molar-refractivity contribution < 1.29 is 14.7 Å². The molecule has 0 aliphatic carbocycles. The van der Waals surface area contributed by atoms with Gasteiger partial charge in [0.15, 0.2) is 0 Å². The van der Waals surface area contributed by atoms with Crippen molar-refractivity contribution in [2.24, 2.45) is 0 Å². The number of carbonyl (C=O) groups is 2. The van der Waals surface area contributed by atoms with Crippen molar-refractivity contribution in [1.82, 2.24) is 39.1 Å². The maximum atomic E-state index is 12.9. The largest absolute Gasteiger partial charge is 0.478 e. The number of carboxylic acids is 1. The van der Waals surface area contributed by atoms with Gasteiger partial charge in [0.2, 0.25) is 0 Å². The average Bonchev–Trinajstić information content (AvgIpc) is 4.18. The third kappa shape index (κ3) is 10.7. The Morgan fingerprint density at radius 3 is 1.46 bits per heavy atom. The van der Waals surface area contributed by atoms with E-state index in [0.717, 1.165) is 87.1 Å². The number of nitrogens with one attached hydrogen (secondary N) is 1. The van der Waals surface area contributed by atoms with Gasteiger partial charge in [-0.15, -0.1) is 0 Å². The number of amides is 1. The lowest BCUT2D eigenvalue weighted by atomic mass is 10.1. The minimum absolute atomic E-state index is 0.124. The van der Waals surface area contributed by atoms with Crippen LogP contribution in [0.4, 0.5) is 0 Å². The van der Waals surface area contributed by atoms with E-state index < -0.39 is 5.97 Å². The van der Waals surface area contributed by atoms with Crippen LogP contribution in [-0.4, -0.2) is 117 Å². The number of rotatable bonds is 10. The van der Waals surface area contributed by atoms with Crippen molar-refractivity contribution in [3.8, 4) is 22.8 Å². The predicted octanol–water partition coefficient (Wildman–Crippen LogP) is 8.89. The number of hydrogen-bond donors (Lipinski definition) is 2. The van der Waals surface area contributed by atoms with Gasteiger partial charge in [-0.05, 0) is 107 Å². The first-order valence-corrected chi connectivity index (χ1v) is 22.4. The Hall–Kier alpha value is -6.92. The lowest BCUT2D eigenvalue weighted by molar-refractivity contribution is 0.0696. The molecule has 11 nitrogen and oxygen atoms in total. The maximum absolute atomic E-state index is 12.9. The first-order chi connectivity index (χ1) is 31.6. The van der Waals surface area contributed by atoms with Crippen molar-refractivity contribution in [1.29, 1.82) is 0 Å². The Labute approximate surface area is 381 Å².